The largest absolute Gasteiger partial charge is 0.482 e. The number of fused-ring (bicyclic) bond motifs is 1. The van der Waals surface area contributed by atoms with Crippen molar-refractivity contribution in [2.75, 3.05) is 17.2 Å². The summed E-state index contributed by atoms with van der Waals surface area (Å²) in [5.41, 5.74) is 2.19. The van der Waals surface area contributed by atoms with Gasteiger partial charge in [0.25, 0.3) is 5.91 Å². The van der Waals surface area contributed by atoms with Crippen LogP contribution >= 0.6 is 11.3 Å². The highest BCUT2D eigenvalue weighted by Gasteiger charge is 2.17. The van der Waals surface area contributed by atoms with E-state index < -0.39 is 0 Å². The molecular weight excluding hydrogens is 340 g/mol. The topological polar surface area (TPSA) is 85.3 Å². The molecule has 0 aliphatic carbocycles. The second-order valence-corrected chi connectivity index (χ2v) is 6.35. The zero-order valence-corrected chi connectivity index (χ0v) is 13.9. The molecule has 0 radical (unpaired) electrons. The van der Waals surface area contributed by atoms with Crippen molar-refractivity contribution in [1.82, 2.24) is 9.55 Å². The van der Waals surface area contributed by atoms with Gasteiger partial charge in [0.05, 0.1) is 11.4 Å². The van der Waals surface area contributed by atoms with Gasteiger partial charge in [0.15, 0.2) is 11.7 Å². The third-order valence-corrected chi connectivity index (χ3v) is 4.41. The SMILES string of the molecule is O=C(Cn1cccc1)Nc1nc(-c2ccc3c(c2)NC(=O)CO3)cs1. The number of nitrogens with one attached hydrogen (secondary N) is 2. The van der Waals surface area contributed by atoms with E-state index in [0.29, 0.717) is 16.6 Å². The minimum atomic E-state index is -0.180. The predicted octanol–water partition coefficient (Wildman–Crippen LogP) is 2.58. The average molecular weight is 354 g/mol. The van der Waals surface area contributed by atoms with E-state index in [0.717, 1.165) is 11.3 Å². The highest BCUT2D eigenvalue weighted by atomic mass is 32.1. The van der Waals surface area contributed by atoms with Gasteiger partial charge in [-0.25, -0.2) is 4.98 Å². The molecule has 2 amide bonds. The van der Waals surface area contributed by atoms with Crippen molar-refractivity contribution < 1.29 is 14.3 Å². The van der Waals surface area contributed by atoms with Gasteiger partial charge < -0.3 is 19.9 Å². The van der Waals surface area contributed by atoms with E-state index in [2.05, 4.69) is 15.6 Å². The van der Waals surface area contributed by atoms with Crippen LogP contribution in [0.15, 0.2) is 48.1 Å². The van der Waals surface area contributed by atoms with E-state index in [1.165, 1.54) is 11.3 Å². The zero-order valence-electron chi connectivity index (χ0n) is 13.1. The fourth-order valence-electron chi connectivity index (χ4n) is 2.51. The van der Waals surface area contributed by atoms with Crippen LogP contribution in [0.2, 0.25) is 0 Å². The van der Waals surface area contributed by atoms with Crippen molar-refractivity contribution in [2.45, 2.75) is 6.54 Å². The first-order chi connectivity index (χ1) is 12.2. The Kier molecular flexibility index (Phi) is 3.95. The number of amides is 2. The van der Waals surface area contributed by atoms with Gasteiger partial charge in [-0.1, -0.05) is 0 Å². The molecule has 0 unspecified atom stereocenters. The highest BCUT2D eigenvalue weighted by Crippen LogP contribution is 2.33. The van der Waals surface area contributed by atoms with Gasteiger partial charge in [-0.3, -0.25) is 9.59 Å². The Balaban J connectivity index is 1.48. The zero-order chi connectivity index (χ0) is 17.2. The molecule has 0 saturated heterocycles. The smallest absolute Gasteiger partial charge is 0.262 e. The molecule has 0 fully saturated rings. The summed E-state index contributed by atoms with van der Waals surface area (Å²) in [5.74, 6) is 0.322. The van der Waals surface area contributed by atoms with Crippen molar-refractivity contribution in [2.24, 2.45) is 0 Å². The molecule has 0 atom stereocenters. The second-order valence-electron chi connectivity index (χ2n) is 5.49. The summed E-state index contributed by atoms with van der Waals surface area (Å²) in [4.78, 5) is 27.9. The van der Waals surface area contributed by atoms with E-state index in [1.54, 1.807) is 10.6 Å². The maximum absolute atomic E-state index is 12.0. The Hall–Kier alpha value is -3.13. The lowest BCUT2D eigenvalue weighted by atomic mass is 10.1. The normalized spacial score (nSPS) is 12.9. The lowest BCUT2D eigenvalue weighted by Crippen LogP contribution is -2.25. The van der Waals surface area contributed by atoms with Crippen molar-refractivity contribution >= 4 is 34.0 Å². The van der Waals surface area contributed by atoms with Gasteiger partial charge in [0, 0.05) is 23.3 Å². The fraction of sp³-hybridized carbons (Fsp3) is 0.118. The number of ether oxygens (including phenoxy) is 1. The molecule has 2 N–H and O–H groups in total. The van der Waals surface area contributed by atoms with Crippen molar-refractivity contribution in [3.05, 3.63) is 48.1 Å². The summed E-state index contributed by atoms with van der Waals surface area (Å²) in [7, 11) is 0. The number of rotatable bonds is 4. The van der Waals surface area contributed by atoms with E-state index in [1.807, 2.05) is 42.0 Å². The second kappa shape index (κ2) is 6.40. The molecule has 1 aromatic carbocycles. The monoisotopic (exact) mass is 354 g/mol. The van der Waals surface area contributed by atoms with E-state index in [-0.39, 0.29) is 25.0 Å². The van der Waals surface area contributed by atoms with Crippen LogP contribution in [-0.4, -0.2) is 28.0 Å². The van der Waals surface area contributed by atoms with Gasteiger partial charge in [-0.05, 0) is 30.3 Å². The third-order valence-electron chi connectivity index (χ3n) is 3.65. The molecular formula is C17H14N4O3S. The fourth-order valence-corrected chi connectivity index (χ4v) is 3.24. The Morgan fingerprint density at radius 2 is 2.20 bits per heavy atom. The maximum Gasteiger partial charge on any atom is 0.262 e. The lowest BCUT2D eigenvalue weighted by molar-refractivity contribution is -0.118. The Labute approximate surface area is 147 Å². The highest BCUT2D eigenvalue weighted by molar-refractivity contribution is 7.14. The standard InChI is InChI=1S/C17H14N4O3S/c22-15(8-21-5-1-2-6-21)20-17-19-13(10-25-17)11-3-4-14-12(7-11)18-16(23)9-24-14/h1-7,10H,8-9H2,(H,18,23)(H,19,20,22). The van der Waals surface area contributed by atoms with Crippen LogP contribution in [-0.2, 0) is 16.1 Å². The van der Waals surface area contributed by atoms with Gasteiger partial charge in [-0.2, -0.15) is 0 Å². The molecule has 2 aromatic heterocycles. The molecule has 0 saturated carbocycles. The summed E-state index contributed by atoms with van der Waals surface area (Å²) in [6.45, 7) is 0.269. The first-order valence-corrected chi connectivity index (χ1v) is 8.48. The first-order valence-electron chi connectivity index (χ1n) is 7.60. The van der Waals surface area contributed by atoms with Crippen LogP contribution in [0.25, 0.3) is 11.3 Å². The molecule has 126 valence electrons. The van der Waals surface area contributed by atoms with Crippen LogP contribution < -0.4 is 15.4 Å². The number of benzene rings is 1. The van der Waals surface area contributed by atoms with Crippen molar-refractivity contribution in [1.29, 1.82) is 0 Å². The van der Waals surface area contributed by atoms with Crippen LogP contribution in [0.3, 0.4) is 0 Å². The minimum absolute atomic E-state index is 0.0284. The van der Waals surface area contributed by atoms with E-state index in [9.17, 15) is 9.59 Å². The summed E-state index contributed by atoms with van der Waals surface area (Å²) >= 11 is 1.35. The number of thiazole rings is 1. The molecule has 7 nitrogen and oxygen atoms in total. The summed E-state index contributed by atoms with van der Waals surface area (Å²) in [5, 5.41) is 7.96. The molecule has 8 heteroatoms. The third kappa shape index (κ3) is 3.38. The lowest BCUT2D eigenvalue weighted by Gasteiger charge is -2.18. The number of hydrogen-bond donors (Lipinski definition) is 2. The quantitative estimate of drug-likeness (QED) is 0.754. The Morgan fingerprint density at radius 3 is 3.04 bits per heavy atom. The molecule has 0 spiro atoms. The molecule has 4 rings (SSSR count). The van der Waals surface area contributed by atoms with Crippen LogP contribution in [0, 0.1) is 0 Å². The minimum Gasteiger partial charge on any atom is -0.482 e. The molecule has 0 bridgehead atoms. The van der Waals surface area contributed by atoms with Gasteiger partial charge in [0.1, 0.15) is 12.3 Å². The van der Waals surface area contributed by atoms with Crippen LogP contribution in [0.1, 0.15) is 0 Å². The first kappa shape index (κ1) is 15.4. The summed E-state index contributed by atoms with van der Waals surface area (Å²) in [6.07, 6.45) is 3.66. The van der Waals surface area contributed by atoms with Crippen LogP contribution in [0.4, 0.5) is 10.8 Å². The Morgan fingerprint density at radius 1 is 1.36 bits per heavy atom. The number of nitrogens with zero attached hydrogens (tertiary/aromatic N) is 2. The van der Waals surface area contributed by atoms with E-state index >= 15 is 0 Å². The van der Waals surface area contributed by atoms with Gasteiger partial charge in [0.2, 0.25) is 5.91 Å². The maximum atomic E-state index is 12.0. The average Bonchev–Trinajstić information content (AvgIpc) is 3.26. The number of aromatic nitrogens is 2. The number of carbonyl (C=O) groups is 2. The molecule has 1 aliphatic heterocycles. The number of hydrogen-bond acceptors (Lipinski definition) is 5. The summed E-state index contributed by atoms with van der Waals surface area (Å²) in [6, 6.07) is 9.22. The number of anilines is 2. The number of carbonyl (C=O) groups excluding carboxylic acids is 2. The predicted molar refractivity (Wildman–Crippen MR) is 94.7 cm³/mol. The van der Waals surface area contributed by atoms with Crippen molar-refractivity contribution in [3.63, 3.8) is 0 Å². The molecule has 3 aromatic rings. The molecule has 25 heavy (non-hydrogen) atoms. The van der Waals surface area contributed by atoms with E-state index in [4.69, 9.17) is 4.74 Å². The van der Waals surface area contributed by atoms with Crippen LogP contribution in [0.5, 0.6) is 5.75 Å². The van der Waals surface area contributed by atoms with Gasteiger partial charge in [-0.15, -0.1) is 11.3 Å². The Bertz CT molecular complexity index is 933. The van der Waals surface area contributed by atoms with Crippen molar-refractivity contribution in [3.8, 4) is 17.0 Å². The molecule has 3 heterocycles. The molecule has 1 aliphatic rings. The summed E-state index contributed by atoms with van der Waals surface area (Å²) < 4.78 is 7.13. The van der Waals surface area contributed by atoms with Gasteiger partial charge >= 0.3 is 0 Å².